The number of methoxy groups -OCH3 is 3. The number of nitrogens with zero attached hydrogens (tertiary/aromatic N) is 2. The summed E-state index contributed by atoms with van der Waals surface area (Å²) in [7, 11) is 4.43. The SMILES string of the molecule is COC(=O)Cn1c(=NC(=O)CCCSc2ccccc2)sc2cc(OC)c(OC)cc21. The second-order valence-electron chi connectivity index (χ2n) is 6.49. The third-order valence-electron chi connectivity index (χ3n) is 4.47. The molecule has 0 fully saturated rings. The van der Waals surface area contributed by atoms with E-state index in [0.29, 0.717) is 29.1 Å². The molecule has 3 rings (SSSR count). The van der Waals surface area contributed by atoms with Gasteiger partial charge in [0.15, 0.2) is 16.3 Å². The number of fused-ring (bicyclic) bond motifs is 1. The van der Waals surface area contributed by atoms with E-state index in [9.17, 15) is 9.59 Å². The van der Waals surface area contributed by atoms with E-state index in [0.717, 1.165) is 16.0 Å². The molecule has 9 heteroatoms. The molecule has 0 saturated carbocycles. The van der Waals surface area contributed by atoms with Crippen LogP contribution in [0.4, 0.5) is 0 Å². The molecule has 0 atom stereocenters. The third kappa shape index (κ3) is 5.89. The van der Waals surface area contributed by atoms with Crippen molar-refractivity contribution in [2.75, 3.05) is 27.1 Å². The lowest BCUT2D eigenvalue weighted by molar-refractivity contribution is -0.141. The number of esters is 1. The predicted molar refractivity (Wildman–Crippen MR) is 122 cm³/mol. The van der Waals surface area contributed by atoms with Crippen LogP contribution in [0.5, 0.6) is 11.5 Å². The Morgan fingerprint density at radius 3 is 2.45 bits per heavy atom. The Bertz CT molecular complexity index is 1120. The van der Waals surface area contributed by atoms with Gasteiger partial charge in [0.25, 0.3) is 0 Å². The molecule has 1 amide bonds. The monoisotopic (exact) mass is 460 g/mol. The fourth-order valence-electron chi connectivity index (χ4n) is 2.92. The molecule has 164 valence electrons. The molecule has 0 aliphatic heterocycles. The molecule has 31 heavy (non-hydrogen) atoms. The fraction of sp³-hybridized carbons (Fsp3) is 0.318. The molecular weight excluding hydrogens is 436 g/mol. The standard InChI is InChI=1S/C22H24N2O5S2/c1-27-17-12-16-19(13-18(17)28-2)31-22(24(16)14-21(26)29-3)23-20(25)10-7-11-30-15-8-5-4-6-9-15/h4-6,8-9,12-13H,7,10-11,14H2,1-3H3. The number of thioether (sulfide) groups is 1. The Hall–Kier alpha value is -2.78. The van der Waals surface area contributed by atoms with Crippen molar-refractivity contribution in [3.63, 3.8) is 0 Å². The van der Waals surface area contributed by atoms with Gasteiger partial charge in [-0.2, -0.15) is 4.99 Å². The average Bonchev–Trinajstić information content (AvgIpc) is 3.11. The number of carbonyl (C=O) groups excluding carboxylic acids is 2. The second-order valence-corrected chi connectivity index (χ2v) is 8.67. The Morgan fingerprint density at radius 1 is 1.06 bits per heavy atom. The zero-order chi connectivity index (χ0) is 22.2. The van der Waals surface area contributed by atoms with E-state index in [1.165, 1.54) is 23.3 Å². The highest BCUT2D eigenvalue weighted by molar-refractivity contribution is 7.99. The minimum atomic E-state index is -0.428. The number of benzene rings is 2. The first kappa shape index (κ1) is 22.9. The first-order valence-electron chi connectivity index (χ1n) is 9.63. The number of hydrogen-bond donors (Lipinski definition) is 0. The Morgan fingerprint density at radius 2 is 1.77 bits per heavy atom. The van der Waals surface area contributed by atoms with E-state index < -0.39 is 5.97 Å². The highest BCUT2D eigenvalue weighted by Crippen LogP contribution is 2.33. The molecule has 0 radical (unpaired) electrons. The number of aromatic nitrogens is 1. The summed E-state index contributed by atoms with van der Waals surface area (Å²) in [5.41, 5.74) is 0.722. The topological polar surface area (TPSA) is 79.1 Å². The molecule has 3 aromatic rings. The summed E-state index contributed by atoms with van der Waals surface area (Å²) in [5.74, 6) is 1.27. The molecule has 1 aromatic heterocycles. The van der Waals surface area contributed by atoms with Crippen LogP contribution in [0.25, 0.3) is 10.2 Å². The largest absolute Gasteiger partial charge is 0.493 e. The summed E-state index contributed by atoms with van der Waals surface area (Å²) in [4.78, 5) is 30.4. The van der Waals surface area contributed by atoms with Crippen molar-refractivity contribution >= 4 is 45.2 Å². The van der Waals surface area contributed by atoms with Gasteiger partial charge in [0, 0.05) is 23.4 Å². The van der Waals surface area contributed by atoms with Crippen LogP contribution in [0.1, 0.15) is 12.8 Å². The van der Waals surface area contributed by atoms with Crippen molar-refractivity contribution in [1.29, 1.82) is 0 Å². The van der Waals surface area contributed by atoms with Crippen LogP contribution < -0.4 is 14.3 Å². The highest BCUT2D eigenvalue weighted by atomic mass is 32.2. The van der Waals surface area contributed by atoms with E-state index in [4.69, 9.17) is 14.2 Å². The van der Waals surface area contributed by atoms with Gasteiger partial charge >= 0.3 is 5.97 Å². The zero-order valence-electron chi connectivity index (χ0n) is 17.6. The maximum absolute atomic E-state index is 12.5. The van der Waals surface area contributed by atoms with E-state index in [1.54, 1.807) is 36.6 Å². The van der Waals surface area contributed by atoms with Gasteiger partial charge < -0.3 is 18.8 Å². The Kier molecular flexibility index (Phi) is 8.13. The highest BCUT2D eigenvalue weighted by Gasteiger charge is 2.15. The third-order valence-corrected chi connectivity index (χ3v) is 6.61. The second kappa shape index (κ2) is 11.0. The molecule has 0 N–H and O–H groups in total. The van der Waals surface area contributed by atoms with Crippen LogP contribution in [0.2, 0.25) is 0 Å². The van der Waals surface area contributed by atoms with E-state index in [2.05, 4.69) is 4.99 Å². The van der Waals surface area contributed by atoms with Crippen molar-refractivity contribution in [2.24, 2.45) is 4.99 Å². The van der Waals surface area contributed by atoms with Gasteiger partial charge in [0.05, 0.1) is 31.5 Å². The average molecular weight is 461 g/mol. The van der Waals surface area contributed by atoms with Gasteiger partial charge in [0.1, 0.15) is 6.54 Å². The van der Waals surface area contributed by atoms with Crippen LogP contribution in [-0.4, -0.2) is 43.5 Å². The lowest BCUT2D eigenvalue weighted by Gasteiger charge is -2.09. The maximum Gasteiger partial charge on any atom is 0.325 e. The predicted octanol–water partition coefficient (Wildman–Crippen LogP) is 3.89. The summed E-state index contributed by atoms with van der Waals surface area (Å²) in [5, 5.41) is 0. The molecule has 0 aliphatic rings. The van der Waals surface area contributed by atoms with Gasteiger partial charge in [-0.05, 0) is 24.3 Å². The molecular formula is C22H24N2O5S2. The van der Waals surface area contributed by atoms with E-state index >= 15 is 0 Å². The number of thiazole rings is 1. The van der Waals surface area contributed by atoms with Crippen molar-refractivity contribution in [3.8, 4) is 11.5 Å². The lowest BCUT2D eigenvalue weighted by atomic mass is 10.3. The molecule has 0 bridgehead atoms. The minimum absolute atomic E-state index is 0.0536. The van der Waals surface area contributed by atoms with Gasteiger partial charge in [0.2, 0.25) is 5.91 Å². The summed E-state index contributed by atoms with van der Waals surface area (Å²) < 4.78 is 18.0. The number of rotatable bonds is 9. The van der Waals surface area contributed by atoms with Gasteiger partial charge in [-0.3, -0.25) is 9.59 Å². The fourth-order valence-corrected chi connectivity index (χ4v) is 4.85. The smallest absolute Gasteiger partial charge is 0.325 e. The maximum atomic E-state index is 12.5. The molecule has 2 aromatic carbocycles. The van der Waals surface area contributed by atoms with Crippen LogP contribution in [-0.2, 0) is 20.9 Å². The molecule has 0 unspecified atom stereocenters. The zero-order valence-corrected chi connectivity index (χ0v) is 19.3. The summed E-state index contributed by atoms with van der Waals surface area (Å²) >= 11 is 3.03. The summed E-state index contributed by atoms with van der Waals surface area (Å²) in [6, 6.07) is 13.6. The quantitative estimate of drug-likeness (QED) is 0.274. The first-order valence-corrected chi connectivity index (χ1v) is 11.4. The van der Waals surface area contributed by atoms with Gasteiger partial charge in [-0.25, -0.2) is 0 Å². The number of amides is 1. The van der Waals surface area contributed by atoms with Crippen molar-refractivity contribution < 1.29 is 23.8 Å². The normalized spacial score (nSPS) is 11.5. The number of hydrogen-bond acceptors (Lipinski definition) is 7. The number of ether oxygens (including phenoxy) is 3. The Labute approximate surface area is 188 Å². The van der Waals surface area contributed by atoms with Crippen LogP contribution >= 0.6 is 23.1 Å². The van der Waals surface area contributed by atoms with Crippen molar-refractivity contribution in [1.82, 2.24) is 4.57 Å². The molecule has 7 nitrogen and oxygen atoms in total. The lowest BCUT2D eigenvalue weighted by Crippen LogP contribution is -2.22. The van der Waals surface area contributed by atoms with E-state index in [-0.39, 0.29) is 12.5 Å². The van der Waals surface area contributed by atoms with Crippen molar-refractivity contribution in [2.45, 2.75) is 24.3 Å². The molecule has 0 aliphatic carbocycles. The van der Waals surface area contributed by atoms with Crippen LogP contribution in [0.15, 0.2) is 52.4 Å². The van der Waals surface area contributed by atoms with Gasteiger partial charge in [-0.15, -0.1) is 11.8 Å². The van der Waals surface area contributed by atoms with Crippen LogP contribution in [0, 0.1) is 0 Å². The minimum Gasteiger partial charge on any atom is -0.493 e. The first-order chi connectivity index (χ1) is 15.0. The molecule has 0 saturated heterocycles. The summed E-state index contributed by atoms with van der Waals surface area (Å²) in [6.45, 7) is -0.0536. The van der Waals surface area contributed by atoms with E-state index in [1.807, 2.05) is 36.4 Å². The summed E-state index contributed by atoms with van der Waals surface area (Å²) in [6.07, 6.45) is 1.05. The van der Waals surface area contributed by atoms with Gasteiger partial charge in [-0.1, -0.05) is 29.5 Å². The molecule has 0 spiro atoms. The molecule has 1 heterocycles. The van der Waals surface area contributed by atoms with Crippen molar-refractivity contribution in [3.05, 3.63) is 47.3 Å². The number of carbonyl (C=O) groups is 2. The Balaban J connectivity index is 1.82. The van der Waals surface area contributed by atoms with Crippen LogP contribution in [0.3, 0.4) is 0 Å².